The summed E-state index contributed by atoms with van der Waals surface area (Å²) in [5.74, 6) is 2.70. The van der Waals surface area contributed by atoms with Crippen LogP contribution in [0.15, 0.2) is 67.0 Å². The summed E-state index contributed by atoms with van der Waals surface area (Å²) in [6, 6.07) is 16.5. The first-order chi connectivity index (χ1) is 11.8. The maximum Gasteiger partial charge on any atom is 0.276 e. The van der Waals surface area contributed by atoms with E-state index in [0.29, 0.717) is 0 Å². The van der Waals surface area contributed by atoms with Gasteiger partial charge in [0.15, 0.2) is 0 Å². The molecule has 4 heteroatoms. The fourth-order valence-electron chi connectivity index (χ4n) is 3.53. The van der Waals surface area contributed by atoms with Gasteiger partial charge in [-0.2, -0.15) is 0 Å². The van der Waals surface area contributed by atoms with Gasteiger partial charge in [0.1, 0.15) is 0 Å². The van der Waals surface area contributed by atoms with Crippen molar-refractivity contribution in [1.29, 1.82) is 5.26 Å². The minimum Gasteiger partial charge on any atom is -0.382 e. The van der Waals surface area contributed by atoms with Crippen molar-refractivity contribution >= 4 is 6.71 Å². The summed E-state index contributed by atoms with van der Waals surface area (Å²) >= 11 is 0. The van der Waals surface area contributed by atoms with Crippen molar-refractivity contribution in [2.45, 2.75) is 37.4 Å². The summed E-state index contributed by atoms with van der Waals surface area (Å²) < 4.78 is 0. The summed E-state index contributed by atoms with van der Waals surface area (Å²) in [7, 11) is 0. The number of nitrogens with zero attached hydrogens (tertiary/aromatic N) is 2. The Morgan fingerprint density at radius 1 is 1.29 bits per heavy atom. The first-order valence-electron chi connectivity index (χ1n) is 8.57. The zero-order valence-corrected chi connectivity index (χ0v) is 13.9. The number of allylic oxidation sites excluding steroid dienone is 1. The van der Waals surface area contributed by atoms with Crippen molar-refractivity contribution in [3.63, 3.8) is 0 Å². The highest BCUT2D eigenvalue weighted by atomic mass is 14.9. The molecular formula is C20H22BN3. The van der Waals surface area contributed by atoms with Gasteiger partial charge in [-0.15, -0.1) is 0 Å². The van der Waals surface area contributed by atoms with E-state index < -0.39 is 0 Å². The molecule has 24 heavy (non-hydrogen) atoms. The molecule has 0 bridgehead atoms. The van der Waals surface area contributed by atoms with E-state index in [-0.39, 0.29) is 18.6 Å². The smallest absolute Gasteiger partial charge is 0.276 e. The van der Waals surface area contributed by atoms with Gasteiger partial charge < -0.3 is 5.32 Å². The second-order valence-corrected chi connectivity index (χ2v) is 6.43. The highest BCUT2D eigenvalue weighted by Crippen LogP contribution is 2.36. The van der Waals surface area contributed by atoms with Gasteiger partial charge in [-0.25, -0.2) is 5.26 Å². The molecule has 1 aliphatic rings. The summed E-state index contributed by atoms with van der Waals surface area (Å²) in [4.78, 5) is 4.46. The largest absolute Gasteiger partial charge is 0.382 e. The highest BCUT2D eigenvalue weighted by molar-refractivity contribution is 6.69. The Labute approximate surface area is 144 Å². The topological polar surface area (TPSA) is 48.7 Å². The Hall–Kier alpha value is -2.54. The predicted octanol–water partition coefficient (Wildman–Crippen LogP) is 4.19. The average molecular weight is 315 g/mol. The zero-order chi connectivity index (χ0) is 16.8. The van der Waals surface area contributed by atoms with E-state index in [1.54, 1.807) is 0 Å². The molecule has 2 heterocycles. The Balaban J connectivity index is 1.77. The second kappa shape index (κ2) is 7.83. The average Bonchev–Trinajstić information content (AvgIpc) is 3.12. The van der Waals surface area contributed by atoms with Crippen LogP contribution in [0.5, 0.6) is 0 Å². The van der Waals surface area contributed by atoms with Crippen LogP contribution in [-0.2, 0) is 6.42 Å². The van der Waals surface area contributed by atoms with Crippen molar-refractivity contribution in [1.82, 2.24) is 10.3 Å². The lowest BCUT2D eigenvalue weighted by molar-refractivity contribution is 0.568. The molecule has 1 N–H and O–H groups in total. The minimum atomic E-state index is 0.0938. The van der Waals surface area contributed by atoms with Gasteiger partial charge in [-0.1, -0.05) is 62.1 Å². The number of rotatable bonds is 6. The lowest BCUT2D eigenvalue weighted by atomic mass is 9.43. The van der Waals surface area contributed by atoms with Crippen LogP contribution in [0.1, 0.15) is 30.1 Å². The SMILES string of the molecule is C=C(N[C@@H](Cc1ccccn1)c1ccccc1)C1CCCB1C#N. The number of aromatic nitrogens is 1. The van der Waals surface area contributed by atoms with Gasteiger partial charge in [-0.05, 0) is 23.5 Å². The molecule has 0 aliphatic carbocycles. The summed E-state index contributed by atoms with van der Waals surface area (Å²) in [5.41, 5.74) is 3.26. The first kappa shape index (κ1) is 16.3. The summed E-state index contributed by atoms with van der Waals surface area (Å²) in [6.45, 7) is 4.35. The molecule has 0 saturated carbocycles. The van der Waals surface area contributed by atoms with E-state index in [1.165, 1.54) is 5.56 Å². The molecule has 0 amide bonds. The van der Waals surface area contributed by atoms with E-state index in [2.05, 4.69) is 47.1 Å². The number of nitrogens with one attached hydrogen (secondary N) is 1. The van der Waals surface area contributed by atoms with Crippen LogP contribution in [0.25, 0.3) is 0 Å². The maximum absolute atomic E-state index is 9.34. The number of hydrogen-bond acceptors (Lipinski definition) is 3. The quantitative estimate of drug-likeness (QED) is 0.813. The van der Waals surface area contributed by atoms with Crippen LogP contribution in [0.4, 0.5) is 0 Å². The number of benzene rings is 1. The minimum absolute atomic E-state index is 0.0938. The molecule has 3 rings (SSSR count). The van der Waals surface area contributed by atoms with Crippen LogP contribution >= 0.6 is 0 Å². The van der Waals surface area contributed by atoms with Crippen molar-refractivity contribution in [2.75, 3.05) is 0 Å². The van der Waals surface area contributed by atoms with Crippen LogP contribution < -0.4 is 5.32 Å². The molecular weight excluding hydrogens is 293 g/mol. The van der Waals surface area contributed by atoms with Crippen LogP contribution in [0.2, 0.25) is 12.1 Å². The standard InChI is InChI=1S/C20H22BN3/c1-16(19-11-7-12-21(19)15-22)24-20(17-8-3-2-4-9-17)14-18-10-5-6-13-23-18/h2-6,8-10,13,19-20,24H,1,7,11-12,14H2/t19?,20-/m0/s1. The van der Waals surface area contributed by atoms with Crippen molar-refractivity contribution in [3.8, 4) is 5.97 Å². The van der Waals surface area contributed by atoms with Gasteiger partial charge in [0.25, 0.3) is 6.71 Å². The first-order valence-corrected chi connectivity index (χ1v) is 8.57. The third kappa shape index (κ3) is 3.86. The molecule has 1 aliphatic heterocycles. The van der Waals surface area contributed by atoms with E-state index in [9.17, 15) is 5.26 Å². The maximum atomic E-state index is 9.34. The molecule has 2 aromatic rings. The Bertz CT molecular complexity index is 709. The number of nitriles is 1. The molecule has 3 nitrogen and oxygen atoms in total. The summed E-state index contributed by atoms with van der Waals surface area (Å²) in [6.07, 6.45) is 5.77. The fraction of sp³-hybridized carbons (Fsp3) is 0.300. The molecule has 1 unspecified atom stereocenters. The third-order valence-electron chi connectivity index (χ3n) is 4.83. The van der Waals surface area contributed by atoms with Crippen LogP contribution in [0.3, 0.4) is 0 Å². The van der Waals surface area contributed by atoms with Gasteiger partial charge in [-0.3, -0.25) is 4.98 Å². The van der Waals surface area contributed by atoms with Crippen molar-refractivity contribution in [3.05, 3.63) is 78.3 Å². The van der Waals surface area contributed by atoms with Gasteiger partial charge in [0, 0.05) is 30.0 Å². The summed E-state index contributed by atoms with van der Waals surface area (Å²) in [5, 5.41) is 12.9. The van der Waals surface area contributed by atoms with Crippen LogP contribution in [0, 0.1) is 11.2 Å². The fourth-order valence-corrected chi connectivity index (χ4v) is 3.53. The van der Waals surface area contributed by atoms with Crippen molar-refractivity contribution in [2.24, 2.45) is 0 Å². The Morgan fingerprint density at radius 3 is 2.79 bits per heavy atom. The van der Waals surface area contributed by atoms with Gasteiger partial charge >= 0.3 is 0 Å². The molecule has 2 atom stereocenters. The zero-order valence-electron chi connectivity index (χ0n) is 13.9. The van der Waals surface area contributed by atoms with E-state index in [1.807, 2.05) is 30.5 Å². The van der Waals surface area contributed by atoms with Gasteiger partial charge in [0.05, 0.1) is 6.04 Å². The lowest BCUT2D eigenvalue weighted by Crippen LogP contribution is -2.28. The molecule has 120 valence electrons. The molecule has 1 aromatic carbocycles. The predicted molar refractivity (Wildman–Crippen MR) is 98.6 cm³/mol. The van der Waals surface area contributed by atoms with E-state index in [0.717, 1.165) is 37.0 Å². The molecule has 0 spiro atoms. The normalized spacial score (nSPS) is 18.0. The highest BCUT2D eigenvalue weighted by Gasteiger charge is 2.34. The Morgan fingerprint density at radius 2 is 2.08 bits per heavy atom. The van der Waals surface area contributed by atoms with E-state index >= 15 is 0 Å². The van der Waals surface area contributed by atoms with Crippen molar-refractivity contribution < 1.29 is 0 Å². The molecule has 1 fully saturated rings. The molecule has 1 aromatic heterocycles. The van der Waals surface area contributed by atoms with Gasteiger partial charge in [0.2, 0.25) is 0 Å². The molecule has 0 radical (unpaired) electrons. The third-order valence-corrected chi connectivity index (χ3v) is 4.83. The monoisotopic (exact) mass is 315 g/mol. The second-order valence-electron chi connectivity index (χ2n) is 6.43. The molecule has 1 saturated heterocycles. The lowest BCUT2D eigenvalue weighted by Gasteiger charge is -2.25. The van der Waals surface area contributed by atoms with Crippen LogP contribution in [-0.4, -0.2) is 11.7 Å². The van der Waals surface area contributed by atoms with E-state index in [4.69, 9.17) is 0 Å². The number of hydrogen-bond donors (Lipinski definition) is 1. The Kier molecular flexibility index (Phi) is 5.33. The number of pyridine rings is 1.